The molecule has 0 unspecified atom stereocenters. The average molecular weight is 326 g/mol. The minimum atomic E-state index is -0.506. The Morgan fingerprint density at radius 3 is 2.79 bits per heavy atom. The quantitative estimate of drug-likeness (QED) is 0.777. The van der Waals surface area contributed by atoms with E-state index in [4.69, 9.17) is 9.15 Å². The lowest BCUT2D eigenvalue weighted by Crippen LogP contribution is -2.11. The lowest BCUT2D eigenvalue weighted by Gasteiger charge is -2.09. The van der Waals surface area contributed by atoms with Gasteiger partial charge < -0.3 is 13.9 Å². The van der Waals surface area contributed by atoms with E-state index in [0.717, 1.165) is 22.2 Å². The second kappa shape index (κ2) is 6.62. The molecule has 0 aliphatic heterocycles. The fourth-order valence-corrected chi connectivity index (χ4v) is 2.31. The van der Waals surface area contributed by atoms with Crippen LogP contribution in [0.2, 0.25) is 0 Å². The van der Waals surface area contributed by atoms with Crippen LogP contribution in [0.1, 0.15) is 17.0 Å². The van der Waals surface area contributed by atoms with Crippen molar-refractivity contribution in [3.8, 4) is 5.75 Å². The Bertz CT molecular complexity index is 886. The van der Waals surface area contributed by atoms with E-state index < -0.39 is 6.09 Å². The maximum Gasteiger partial charge on any atom is 0.411 e. The molecule has 6 heteroatoms. The molecule has 3 rings (SSSR count). The van der Waals surface area contributed by atoms with Gasteiger partial charge in [-0.2, -0.15) is 0 Å². The molecular formula is C18H18N2O4. The molecule has 3 aromatic rings. The molecule has 124 valence electrons. The fraction of sp³-hybridized carbons (Fsp3) is 0.222. The summed E-state index contributed by atoms with van der Waals surface area (Å²) < 4.78 is 16.0. The summed E-state index contributed by atoms with van der Waals surface area (Å²) in [6, 6.07) is 11.2. The first-order chi connectivity index (χ1) is 11.5. The number of methoxy groups -OCH3 is 1. The molecule has 1 heterocycles. The normalized spacial score (nSPS) is 10.6. The molecule has 24 heavy (non-hydrogen) atoms. The first kappa shape index (κ1) is 15.9. The molecule has 0 bridgehead atoms. The Kier molecular flexibility index (Phi) is 4.37. The number of hydrogen-bond acceptors (Lipinski definition) is 5. The van der Waals surface area contributed by atoms with Gasteiger partial charge in [-0.1, -0.05) is 6.07 Å². The van der Waals surface area contributed by atoms with Crippen molar-refractivity contribution in [1.82, 2.24) is 4.98 Å². The number of nitrogens with one attached hydrogen (secondary N) is 1. The highest BCUT2D eigenvalue weighted by molar-refractivity contribution is 5.85. The van der Waals surface area contributed by atoms with E-state index in [1.807, 2.05) is 38.1 Å². The summed E-state index contributed by atoms with van der Waals surface area (Å²) in [5, 5.41) is 2.64. The van der Waals surface area contributed by atoms with Crippen molar-refractivity contribution in [3.63, 3.8) is 0 Å². The molecule has 0 radical (unpaired) electrons. The fourth-order valence-electron chi connectivity index (χ4n) is 2.31. The number of aryl methyl sites for hydroxylation is 2. The second-order valence-electron chi connectivity index (χ2n) is 5.46. The van der Waals surface area contributed by atoms with Gasteiger partial charge >= 0.3 is 6.09 Å². The number of carbonyl (C=O) groups excluding carboxylic acids is 1. The van der Waals surface area contributed by atoms with Gasteiger partial charge in [0.05, 0.1) is 7.11 Å². The predicted octanol–water partition coefficient (Wildman–Crippen LogP) is 4.20. The van der Waals surface area contributed by atoms with Gasteiger partial charge in [-0.25, -0.2) is 9.78 Å². The molecule has 1 amide bonds. The third-order valence-corrected chi connectivity index (χ3v) is 3.57. The zero-order valence-corrected chi connectivity index (χ0v) is 13.8. The van der Waals surface area contributed by atoms with Crippen LogP contribution in [0.5, 0.6) is 5.75 Å². The van der Waals surface area contributed by atoms with Crippen LogP contribution in [-0.2, 0) is 11.3 Å². The van der Waals surface area contributed by atoms with Crippen LogP contribution in [0.3, 0.4) is 0 Å². The number of benzene rings is 2. The summed E-state index contributed by atoms with van der Waals surface area (Å²) in [6.45, 7) is 4.11. The van der Waals surface area contributed by atoms with Crippen molar-refractivity contribution < 1.29 is 18.7 Å². The van der Waals surface area contributed by atoms with E-state index >= 15 is 0 Å². The topological polar surface area (TPSA) is 73.6 Å². The molecule has 0 fully saturated rings. The van der Waals surface area contributed by atoms with E-state index in [0.29, 0.717) is 17.3 Å². The summed E-state index contributed by atoms with van der Waals surface area (Å²) in [6.07, 6.45) is -0.506. The van der Waals surface area contributed by atoms with Gasteiger partial charge in [0.2, 0.25) is 5.89 Å². The van der Waals surface area contributed by atoms with Crippen LogP contribution in [0.4, 0.5) is 10.5 Å². The Morgan fingerprint density at radius 2 is 2.04 bits per heavy atom. The molecule has 0 aliphatic rings. The first-order valence-electron chi connectivity index (χ1n) is 7.49. The number of rotatable bonds is 4. The van der Waals surface area contributed by atoms with Crippen molar-refractivity contribution in [3.05, 3.63) is 53.4 Å². The van der Waals surface area contributed by atoms with Gasteiger partial charge in [0.15, 0.2) is 12.2 Å². The van der Waals surface area contributed by atoms with Crippen LogP contribution in [0.15, 0.2) is 40.8 Å². The second-order valence-corrected chi connectivity index (χ2v) is 5.46. The van der Waals surface area contributed by atoms with Crippen molar-refractivity contribution >= 4 is 22.9 Å². The number of carbonyl (C=O) groups is 1. The first-order valence-corrected chi connectivity index (χ1v) is 7.49. The van der Waals surface area contributed by atoms with Crippen LogP contribution >= 0.6 is 0 Å². The number of nitrogens with zero attached hydrogens (tertiary/aromatic N) is 1. The van der Waals surface area contributed by atoms with Gasteiger partial charge in [0.25, 0.3) is 0 Å². The molecule has 1 aromatic heterocycles. The smallest absolute Gasteiger partial charge is 0.411 e. The molecule has 0 saturated carbocycles. The minimum absolute atomic E-state index is 0.233. The largest absolute Gasteiger partial charge is 0.484 e. The Morgan fingerprint density at radius 1 is 1.21 bits per heavy atom. The molecule has 1 N–H and O–H groups in total. The van der Waals surface area contributed by atoms with Crippen LogP contribution in [0.25, 0.3) is 11.1 Å². The van der Waals surface area contributed by atoms with Gasteiger partial charge in [0, 0.05) is 5.69 Å². The third-order valence-electron chi connectivity index (χ3n) is 3.57. The molecule has 6 nitrogen and oxygen atoms in total. The van der Waals surface area contributed by atoms with Gasteiger partial charge in [0.1, 0.15) is 11.3 Å². The Balaban J connectivity index is 1.69. The number of anilines is 1. The average Bonchev–Trinajstić information content (AvgIpc) is 2.97. The zero-order valence-electron chi connectivity index (χ0n) is 13.8. The van der Waals surface area contributed by atoms with Crippen molar-refractivity contribution in [2.75, 3.05) is 12.4 Å². The summed E-state index contributed by atoms with van der Waals surface area (Å²) in [5.74, 6) is 1.19. The van der Waals surface area contributed by atoms with Crippen LogP contribution in [-0.4, -0.2) is 18.2 Å². The highest BCUT2D eigenvalue weighted by Crippen LogP contribution is 2.23. The maximum atomic E-state index is 11.3. The number of aromatic nitrogens is 1. The SMILES string of the molecule is COC(=O)Nc1ccc(OCc2nc3ccc(C)cc3o2)cc1C. The lowest BCUT2D eigenvalue weighted by molar-refractivity contribution is 0.187. The van der Waals surface area contributed by atoms with Gasteiger partial charge in [-0.3, -0.25) is 5.32 Å². The summed E-state index contributed by atoms with van der Waals surface area (Å²) in [5.41, 5.74) is 4.23. The predicted molar refractivity (Wildman–Crippen MR) is 90.3 cm³/mol. The molecule has 2 aromatic carbocycles. The van der Waals surface area contributed by atoms with E-state index in [1.165, 1.54) is 7.11 Å². The molecule has 0 atom stereocenters. The standard InChI is InChI=1S/C18H18N2O4/c1-11-4-6-15-16(8-11)24-17(19-15)10-23-13-5-7-14(12(2)9-13)20-18(21)22-3/h4-9H,10H2,1-3H3,(H,20,21). The highest BCUT2D eigenvalue weighted by atomic mass is 16.5. The van der Waals surface area contributed by atoms with Crippen molar-refractivity contribution in [2.45, 2.75) is 20.5 Å². The molecule has 0 aliphatic carbocycles. The van der Waals surface area contributed by atoms with E-state index in [-0.39, 0.29) is 6.61 Å². The van der Waals surface area contributed by atoms with E-state index in [1.54, 1.807) is 12.1 Å². The number of fused-ring (bicyclic) bond motifs is 1. The highest BCUT2D eigenvalue weighted by Gasteiger charge is 2.08. The molecular weight excluding hydrogens is 308 g/mol. The van der Waals surface area contributed by atoms with Gasteiger partial charge in [-0.05, 0) is 55.3 Å². The van der Waals surface area contributed by atoms with Crippen LogP contribution < -0.4 is 10.1 Å². The maximum absolute atomic E-state index is 11.3. The summed E-state index contributed by atoms with van der Waals surface area (Å²) in [4.78, 5) is 15.6. The Labute approximate surface area is 139 Å². The lowest BCUT2D eigenvalue weighted by atomic mass is 10.2. The monoisotopic (exact) mass is 326 g/mol. The summed E-state index contributed by atoms with van der Waals surface area (Å²) >= 11 is 0. The number of ether oxygens (including phenoxy) is 2. The van der Waals surface area contributed by atoms with E-state index in [9.17, 15) is 4.79 Å². The molecule has 0 spiro atoms. The number of hydrogen-bond donors (Lipinski definition) is 1. The van der Waals surface area contributed by atoms with Crippen molar-refractivity contribution in [2.24, 2.45) is 0 Å². The summed E-state index contributed by atoms with van der Waals surface area (Å²) in [7, 11) is 1.32. The number of amides is 1. The van der Waals surface area contributed by atoms with Crippen LogP contribution in [0, 0.1) is 13.8 Å². The van der Waals surface area contributed by atoms with Gasteiger partial charge in [-0.15, -0.1) is 0 Å². The Hall–Kier alpha value is -3.02. The molecule has 0 saturated heterocycles. The van der Waals surface area contributed by atoms with Crippen molar-refractivity contribution in [1.29, 1.82) is 0 Å². The number of oxazole rings is 1. The minimum Gasteiger partial charge on any atom is -0.484 e. The third kappa shape index (κ3) is 3.48. The zero-order chi connectivity index (χ0) is 17.1. The van der Waals surface area contributed by atoms with E-state index in [2.05, 4.69) is 15.0 Å².